The van der Waals surface area contributed by atoms with Crippen LogP contribution in [0.2, 0.25) is 0 Å². The van der Waals surface area contributed by atoms with E-state index in [0.717, 1.165) is 0 Å². The number of hydrogen-bond acceptors (Lipinski definition) is 29. The van der Waals surface area contributed by atoms with Crippen LogP contribution >= 0.6 is 22.0 Å². The minimum atomic E-state index is -4.84. The smallest absolute Gasteiger partial charge is 0.268 e. The van der Waals surface area contributed by atoms with E-state index in [1.165, 1.54) is 0 Å². The third-order valence-corrected chi connectivity index (χ3v) is 18.1. The van der Waals surface area contributed by atoms with Crippen molar-refractivity contribution in [3.63, 3.8) is 0 Å². The molecule has 6 fully saturated rings. The van der Waals surface area contributed by atoms with Gasteiger partial charge in [-0.2, -0.15) is 0 Å². The van der Waals surface area contributed by atoms with E-state index in [1.54, 1.807) is 41.5 Å². The lowest BCUT2D eigenvalue weighted by Crippen LogP contribution is -2.42. The lowest BCUT2D eigenvalue weighted by molar-refractivity contribution is -0.237. The van der Waals surface area contributed by atoms with Crippen molar-refractivity contribution in [3.05, 3.63) is 0 Å². The summed E-state index contributed by atoms with van der Waals surface area (Å²) in [6.07, 6.45) is -17.7. The first-order chi connectivity index (χ1) is 42.0. The van der Waals surface area contributed by atoms with E-state index < -0.39 is 211 Å². The van der Waals surface area contributed by atoms with Gasteiger partial charge in [0.1, 0.15) is 124 Å². The van der Waals surface area contributed by atoms with E-state index >= 15 is 0 Å². The lowest BCUT2D eigenvalue weighted by Gasteiger charge is -2.35. The molecule has 93 heavy (non-hydrogen) atoms. The second kappa shape index (κ2) is 33.9. The number of aliphatic hydroxyl groups is 6. The highest BCUT2D eigenvalue weighted by atomic mass is 32.5. The molecule has 0 saturated carbocycles. The molecule has 6 heterocycles. The highest BCUT2D eigenvalue weighted by molar-refractivity contribution is 8.06. The number of phosphoric ester groups is 1. The monoisotopic (exact) mass is 1420 g/mol. The Balaban J connectivity index is 0.000000297. The molecule has 0 aliphatic carbocycles. The summed E-state index contributed by atoms with van der Waals surface area (Å²) in [5, 5.41) is 62.4. The number of rotatable bonds is 24. The van der Waals surface area contributed by atoms with Crippen molar-refractivity contribution in [2.24, 2.45) is 0 Å². The molecule has 33 heteroatoms. The van der Waals surface area contributed by atoms with Gasteiger partial charge in [-0.05, 0) is 166 Å². The van der Waals surface area contributed by atoms with Crippen LogP contribution in [0.5, 0.6) is 0 Å². The molecule has 9 unspecified atom stereocenters. The summed E-state index contributed by atoms with van der Waals surface area (Å²) in [6.45, 7) is 39.8. The Bertz CT molecular complexity index is 2160. The molecule has 6 rings (SSSR count). The number of aliphatic hydroxyl groups excluding tert-OH is 6. The molecule has 0 radical (unpaired) electrons. The van der Waals surface area contributed by atoms with Crippen LogP contribution in [0.3, 0.4) is 0 Å². The predicted octanol–water partition coefficient (Wildman–Crippen LogP) is 3.58. The van der Waals surface area contributed by atoms with Crippen molar-refractivity contribution in [2.45, 2.75) is 346 Å². The summed E-state index contributed by atoms with van der Waals surface area (Å²) < 4.78 is 128. The molecule has 0 aromatic heterocycles. The Hall–Kier alpha value is 0.135. The molecule has 27 atom stereocenters. The molecule has 0 spiro atoms. The van der Waals surface area contributed by atoms with Gasteiger partial charge in [-0.25, -0.2) is 0 Å². The molecule has 6 aliphatic rings. The maximum Gasteiger partial charge on any atom is 0.268 e. The van der Waals surface area contributed by atoms with Crippen molar-refractivity contribution >= 4 is 41.4 Å². The molecule has 28 nitrogen and oxygen atoms in total. The molecule has 552 valence electrons. The van der Waals surface area contributed by atoms with Gasteiger partial charge in [0.15, 0.2) is 0 Å². The Morgan fingerprint density at radius 3 is 0.849 bits per heavy atom. The van der Waals surface area contributed by atoms with E-state index in [0.29, 0.717) is 0 Å². The van der Waals surface area contributed by atoms with E-state index in [-0.39, 0.29) is 38.6 Å². The summed E-state index contributed by atoms with van der Waals surface area (Å²) in [5.41, 5.74) is -2.84. The molecule has 6 aliphatic heterocycles. The molecule has 6 saturated heterocycles. The maximum absolute atomic E-state index is 13.2. The van der Waals surface area contributed by atoms with Gasteiger partial charge < -0.3 is 129 Å². The molecular weight excluding hydrogens is 1300 g/mol. The van der Waals surface area contributed by atoms with Crippen molar-refractivity contribution in [1.29, 1.82) is 0 Å². The van der Waals surface area contributed by atoms with Crippen LogP contribution < -0.4 is 9.79 Å². The minimum absolute atomic E-state index is 0.0225. The Labute approximate surface area is 558 Å². The van der Waals surface area contributed by atoms with Crippen LogP contribution in [0, 0.1) is 0 Å². The first-order valence-corrected chi connectivity index (χ1v) is 36.8. The first kappa shape index (κ1) is 85.5. The number of hydrogen-bond donors (Lipinski definition) is 6. The Kier molecular flexibility index (Phi) is 31.2. The zero-order valence-corrected chi connectivity index (χ0v) is 62.0. The van der Waals surface area contributed by atoms with Gasteiger partial charge >= 0.3 is 0 Å². The van der Waals surface area contributed by atoms with Crippen LogP contribution in [0.4, 0.5) is 0 Å². The van der Waals surface area contributed by atoms with E-state index in [4.69, 9.17) is 95.8 Å². The quantitative estimate of drug-likeness (QED) is 0.0594. The van der Waals surface area contributed by atoms with Gasteiger partial charge in [-0.1, -0.05) is 11.8 Å². The topological polar surface area (TPSA) is 368 Å². The van der Waals surface area contributed by atoms with Crippen molar-refractivity contribution < 1.29 is 134 Å². The van der Waals surface area contributed by atoms with Crippen LogP contribution in [0.1, 0.15) is 166 Å². The standard InChI is InChI=1S/C20H41BO9P.C20H39O10P.C20H39O9PS/c1-11-15(22)17(29-20(6,7)8)14(28-11)10-26-31(21,24)30-18-13(9-25-19(3,4)5)27-12(2)16(18)23;1-11-15(21)17(29-20(6,7)8)14(28-11)10-26-31(23,24)30-18-13(9-25-19(3,4)5)27-12(2)16(18)22;1-11-15(21)17(28-20(6,7)8)14(27-11)10-25-30(23,31)29-18-13(9-24-19(3,4)5)26-12(2)16(18)22/h11-18,22-23H,9-10H2,1-8,21H3;11-18,21-22H,9-10H2,1-8H3,(H,23,24);11-18,21-22H,9-10H2,1-8H3,(H,23,31)/q-1;;/p-2/t11-,12-,13+,14+,15+,16+,17?,18?,31?;11-,12-,13+,14+,15+,16+,17?,18?;11-,12-,13+,14+,15+,16+,17?,18?,30?/m000/s1. The highest BCUT2D eigenvalue weighted by Crippen LogP contribution is 2.49. The largest absolute Gasteiger partial charge is 0.780 e. The molecule has 0 bridgehead atoms. The minimum Gasteiger partial charge on any atom is -0.780 e. The fourth-order valence-corrected chi connectivity index (χ4v) is 13.5. The van der Waals surface area contributed by atoms with Crippen LogP contribution in [0.15, 0.2) is 0 Å². The molecule has 0 aromatic carbocycles. The van der Waals surface area contributed by atoms with Gasteiger partial charge in [-0.3, -0.25) is 4.57 Å². The average Bonchev–Trinajstić information content (AvgIpc) is 1.80. The van der Waals surface area contributed by atoms with Gasteiger partial charge in [0.2, 0.25) is 0 Å². The molecule has 6 N–H and O–H groups in total. The average molecular weight is 1420 g/mol. The highest BCUT2D eigenvalue weighted by Gasteiger charge is 2.51. The van der Waals surface area contributed by atoms with Gasteiger partial charge in [0, 0.05) is 0 Å². The molecule has 0 amide bonds. The fraction of sp³-hybridized carbons (Fsp3) is 1.00. The fourth-order valence-electron chi connectivity index (χ4n) is 10.3. The Morgan fingerprint density at radius 1 is 0.355 bits per heavy atom. The second-order valence-corrected chi connectivity index (χ2v) is 35.3. The van der Waals surface area contributed by atoms with Crippen molar-refractivity contribution in [3.8, 4) is 0 Å². The maximum atomic E-state index is 13.2. The summed E-state index contributed by atoms with van der Waals surface area (Å²) in [7, 11) is -9.07. The SMILES string of the molecule is C[C@@H]1O[C@H](COP(=O)([O-])OC2[C@@H](COC(C)(C)C)O[C@@H](C)[C@H]2O)C(OC(C)(C)C)[C@@H]1O.C[C@@H]1O[C@H](COP([O-])(=S)OC2[C@@H](COC(C)(C)C)O[C@@H](C)[C@H]2O)C(OC(C)(C)C)[C@@H]1O.[BH3-]P(=O)(OC[C@H]1O[C@@H](C)[C@@H](O)C1OC(C)(C)C)OC1[C@@H](COC(C)(C)C)O[C@@H](C)[C@H]1O. The van der Waals surface area contributed by atoms with Crippen molar-refractivity contribution in [1.82, 2.24) is 0 Å². The molecule has 0 aromatic rings. The van der Waals surface area contributed by atoms with Gasteiger partial charge in [0.25, 0.3) is 7.82 Å². The van der Waals surface area contributed by atoms with Gasteiger partial charge in [-0.15, -0.1) is 0 Å². The van der Waals surface area contributed by atoms with Crippen LogP contribution in [-0.2, 0) is 105 Å². The first-order valence-electron chi connectivity index (χ1n) is 31.7. The van der Waals surface area contributed by atoms with E-state index in [9.17, 15) is 49.6 Å². The van der Waals surface area contributed by atoms with Gasteiger partial charge in [0.05, 0.1) is 117 Å². The number of phosphoric acid groups is 1. The summed E-state index contributed by atoms with van der Waals surface area (Å²) in [4.78, 5) is 25.4. The summed E-state index contributed by atoms with van der Waals surface area (Å²) in [6, 6.07) is 0. The zero-order valence-electron chi connectivity index (χ0n) is 58.5. The third-order valence-electron chi connectivity index (χ3n) is 14.8. The number of ether oxygens (including phenoxy) is 12. The van der Waals surface area contributed by atoms with E-state index in [2.05, 4.69) is 0 Å². The Morgan fingerprint density at radius 2 is 0.581 bits per heavy atom. The molecular formula is C60H117BO28P3S-3. The van der Waals surface area contributed by atoms with Crippen molar-refractivity contribution in [2.75, 3.05) is 39.6 Å². The summed E-state index contributed by atoms with van der Waals surface area (Å²) in [5.74, 6) is 0. The van der Waals surface area contributed by atoms with E-state index in [1.807, 2.05) is 125 Å². The normalized spacial score (nSPS) is 39.1. The van der Waals surface area contributed by atoms with Crippen LogP contribution in [0.25, 0.3) is 0 Å². The summed E-state index contributed by atoms with van der Waals surface area (Å²) >= 11 is 5.07. The third kappa shape index (κ3) is 28.5. The van der Waals surface area contributed by atoms with Crippen LogP contribution in [-0.4, -0.2) is 258 Å². The zero-order chi connectivity index (χ0) is 71.3. The lowest BCUT2D eigenvalue weighted by atomic mass is 10.1. The second-order valence-electron chi connectivity index (χ2n) is 30.3. The predicted molar refractivity (Wildman–Crippen MR) is 345 cm³/mol.